The lowest BCUT2D eigenvalue weighted by Gasteiger charge is -2.06. The first-order valence-corrected chi connectivity index (χ1v) is 8.63. The smallest absolute Gasteiger partial charge is 0.305 e. The van der Waals surface area contributed by atoms with E-state index in [4.69, 9.17) is 21.4 Å². The molecular formula is C17H24ClN3O3. The maximum Gasteiger partial charge on any atom is 0.305 e. The highest BCUT2D eigenvalue weighted by Gasteiger charge is 2.10. The predicted molar refractivity (Wildman–Crippen MR) is 95.5 cm³/mol. The summed E-state index contributed by atoms with van der Waals surface area (Å²) in [7, 11) is 1.97. The van der Waals surface area contributed by atoms with Gasteiger partial charge in [0.15, 0.2) is 0 Å². The van der Waals surface area contributed by atoms with Crippen LogP contribution in [0.1, 0.15) is 25.6 Å². The van der Waals surface area contributed by atoms with Crippen LogP contribution in [-0.2, 0) is 23.0 Å². The summed E-state index contributed by atoms with van der Waals surface area (Å²) in [4.78, 5) is 16.2. The van der Waals surface area contributed by atoms with Gasteiger partial charge >= 0.3 is 5.97 Å². The number of halogens is 1. The van der Waals surface area contributed by atoms with Gasteiger partial charge in [-0.15, -0.1) is 11.6 Å². The van der Waals surface area contributed by atoms with E-state index < -0.39 is 6.10 Å². The van der Waals surface area contributed by atoms with E-state index in [1.165, 1.54) is 0 Å². The third kappa shape index (κ3) is 5.11. The lowest BCUT2D eigenvalue weighted by molar-refractivity contribution is -0.146. The zero-order valence-electron chi connectivity index (χ0n) is 14.1. The first-order chi connectivity index (χ1) is 11.5. The molecule has 0 radical (unpaired) electrons. The van der Waals surface area contributed by atoms with Crippen molar-refractivity contribution < 1.29 is 14.6 Å². The number of nitrogens with one attached hydrogen (secondary N) is 1. The van der Waals surface area contributed by atoms with Crippen LogP contribution in [0, 0.1) is 0 Å². The van der Waals surface area contributed by atoms with Crippen molar-refractivity contribution >= 4 is 34.3 Å². The van der Waals surface area contributed by atoms with Crippen LogP contribution in [0.25, 0.3) is 11.0 Å². The summed E-state index contributed by atoms with van der Waals surface area (Å²) >= 11 is 5.69. The molecule has 6 nitrogen and oxygen atoms in total. The molecule has 0 fully saturated rings. The first kappa shape index (κ1) is 18.5. The lowest BCUT2D eigenvalue weighted by Crippen LogP contribution is -2.15. The number of nitrogens with zero attached hydrogens (tertiary/aromatic N) is 2. The summed E-state index contributed by atoms with van der Waals surface area (Å²) < 4.78 is 6.99. The van der Waals surface area contributed by atoms with E-state index in [0.717, 1.165) is 22.5 Å². The van der Waals surface area contributed by atoms with Crippen molar-refractivity contribution in [3.05, 3.63) is 24.0 Å². The van der Waals surface area contributed by atoms with Gasteiger partial charge in [0.2, 0.25) is 0 Å². The Morgan fingerprint density at radius 2 is 2.29 bits per heavy atom. The van der Waals surface area contributed by atoms with Gasteiger partial charge in [-0.2, -0.15) is 0 Å². The summed E-state index contributed by atoms with van der Waals surface area (Å²) in [6, 6.07) is 6.04. The molecule has 1 unspecified atom stereocenters. The number of alkyl halides is 1. The van der Waals surface area contributed by atoms with Crippen molar-refractivity contribution in [3.8, 4) is 0 Å². The van der Waals surface area contributed by atoms with Crippen LogP contribution < -0.4 is 5.32 Å². The van der Waals surface area contributed by atoms with Crippen molar-refractivity contribution in [1.82, 2.24) is 9.55 Å². The fourth-order valence-corrected chi connectivity index (χ4v) is 2.55. The fourth-order valence-electron chi connectivity index (χ4n) is 2.45. The number of aliphatic hydroxyl groups excluding tert-OH is 1. The van der Waals surface area contributed by atoms with E-state index in [9.17, 15) is 4.79 Å². The number of aliphatic hydroxyl groups is 1. The van der Waals surface area contributed by atoms with Crippen LogP contribution in [0.2, 0.25) is 0 Å². The van der Waals surface area contributed by atoms with E-state index in [2.05, 4.69) is 10.3 Å². The molecule has 0 amide bonds. The van der Waals surface area contributed by atoms with Crippen LogP contribution in [0.3, 0.4) is 0 Å². The summed E-state index contributed by atoms with van der Waals surface area (Å²) in [6.45, 7) is 2.34. The van der Waals surface area contributed by atoms with Gasteiger partial charge < -0.3 is 19.7 Å². The van der Waals surface area contributed by atoms with E-state index >= 15 is 0 Å². The van der Waals surface area contributed by atoms with Gasteiger partial charge in [0, 0.05) is 38.0 Å². The number of rotatable bonds is 9. The Morgan fingerprint density at radius 3 is 3.00 bits per heavy atom. The number of imidazole rings is 1. The fraction of sp³-hybridized carbons (Fsp3) is 0.529. The standard InChI is InChI=1S/C17H24ClN3O3/c1-12(22)11-24-17(23)5-3-4-16-20-14-10-13(19-9-8-18)6-7-15(14)21(16)2/h6-7,10,12,19,22H,3-5,8-9,11H2,1-2H3. The quantitative estimate of drug-likeness (QED) is 0.535. The number of fused-ring (bicyclic) bond motifs is 1. The lowest BCUT2D eigenvalue weighted by atomic mass is 10.2. The summed E-state index contributed by atoms with van der Waals surface area (Å²) in [6.07, 6.45) is 1.04. The van der Waals surface area contributed by atoms with Gasteiger partial charge in [0.25, 0.3) is 0 Å². The van der Waals surface area contributed by atoms with Crippen LogP contribution in [0.15, 0.2) is 18.2 Å². The molecule has 24 heavy (non-hydrogen) atoms. The van der Waals surface area contributed by atoms with E-state index in [1.54, 1.807) is 6.92 Å². The van der Waals surface area contributed by atoms with Crippen molar-refractivity contribution in [1.29, 1.82) is 0 Å². The minimum absolute atomic E-state index is 0.0448. The largest absolute Gasteiger partial charge is 0.463 e. The second-order valence-corrected chi connectivity index (χ2v) is 6.17. The molecule has 0 aliphatic carbocycles. The van der Waals surface area contributed by atoms with Crippen LogP contribution in [0.5, 0.6) is 0 Å². The third-order valence-electron chi connectivity index (χ3n) is 3.66. The molecule has 0 aliphatic heterocycles. The Morgan fingerprint density at radius 1 is 1.50 bits per heavy atom. The van der Waals surface area contributed by atoms with Crippen LogP contribution >= 0.6 is 11.6 Å². The van der Waals surface area contributed by atoms with Gasteiger partial charge in [-0.05, 0) is 31.5 Å². The number of aromatic nitrogens is 2. The minimum atomic E-state index is -0.629. The summed E-state index contributed by atoms with van der Waals surface area (Å²) in [5, 5.41) is 12.3. The summed E-state index contributed by atoms with van der Waals surface area (Å²) in [5.74, 6) is 1.20. The Kier molecular flexibility index (Phi) is 6.87. The topological polar surface area (TPSA) is 76.4 Å². The van der Waals surface area contributed by atoms with Gasteiger partial charge in [0.1, 0.15) is 12.4 Å². The Balaban J connectivity index is 1.94. The zero-order valence-corrected chi connectivity index (χ0v) is 14.8. The molecule has 0 bridgehead atoms. The molecule has 0 spiro atoms. The Bertz CT molecular complexity index is 685. The molecule has 1 heterocycles. The molecule has 0 saturated carbocycles. The van der Waals surface area contributed by atoms with Gasteiger partial charge in [-0.25, -0.2) is 4.98 Å². The number of carbonyl (C=O) groups excluding carboxylic acids is 1. The Labute approximate surface area is 146 Å². The van der Waals surface area contributed by atoms with Gasteiger partial charge in [0.05, 0.1) is 17.1 Å². The van der Waals surface area contributed by atoms with E-state index in [1.807, 2.05) is 29.8 Å². The average Bonchev–Trinajstić information content (AvgIpc) is 2.86. The SMILES string of the molecule is CC(O)COC(=O)CCCc1nc2cc(NCCCl)ccc2n1C. The first-order valence-electron chi connectivity index (χ1n) is 8.10. The van der Waals surface area contributed by atoms with Crippen molar-refractivity contribution in [2.75, 3.05) is 24.3 Å². The molecule has 0 saturated heterocycles. The zero-order chi connectivity index (χ0) is 17.5. The molecule has 2 rings (SSSR count). The molecular weight excluding hydrogens is 330 g/mol. The normalized spacial score (nSPS) is 12.3. The number of benzene rings is 1. The molecule has 1 aromatic heterocycles. The monoisotopic (exact) mass is 353 g/mol. The number of hydrogen-bond acceptors (Lipinski definition) is 5. The molecule has 0 aliphatic rings. The maximum atomic E-state index is 11.6. The number of anilines is 1. The molecule has 132 valence electrons. The predicted octanol–water partition coefficient (Wildman–Crippen LogP) is 2.47. The highest BCUT2D eigenvalue weighted by molar-refractivity contribution is 6.18. The molecule has 1 aromatic carbocycles. The number of carbonyl (C=O) groups is 1. The summed E-state index contributed by atoms with van der Waals surface area (Å²) in [5.41, 5.74) is 2.97. The van der Waals surface area contributed by atoms with Gasteiger partial charge in [-0.1, -0.05) is 0 Å². The molecule has 2 N–H and O–H groups in total. The van der Waals surface area contributed by atoms with Crippen molar-refractivity contribution in [2.45, 2.75) is 32.3 Å². The second kappa shape index (κ2) is 8.89. The highest BCUT2D eigenvalue weighted by atomic mass is 35.5. The van der Waals surface area contributed by atoms with Crippen molar-refractivity contribution in [3.63, 3.8) is 0 Å². The second-order valence-electron chi connectivity index (χ2n) is 5.79. The minimum Gasteiger partial charge on any atom is -0.463 e. The highest BCUT2D eigenvalue weighted by Crippen LogP contribution is 2.20. The number of ether oxygens (including phenoxy) is 1. The number of esters is 1. The third-order valence-corrected chi connectivity index (χ3v) is 3.85. The van der Waals surface area contributed by atoms with Crippen LogP contribution in [0.4, 0.5) is 5.69 Å². The molecule has 1 atom stereocenters. The molecule has 7 heteroatoms. The Hall–Kier alpha value is -1.79. The number of aryl methyl sites for hydroxylation is 2. The van der Waals surface area contributed by atoms with Crippen LogP contribution in [-0.4, -0.2) is 45.8 Å². The average molecular weight is 354 g/mol. The molecule has 2 aromatic rings. The number of hydrogen-bond donors (Lipinski definition) is 2. The van der Waals surface area contributed by atoms with Gasteiger partial charge in [-0.3, -0.25) is 4.79 Å². The maximum absolute atomic E-state index is 11.6. The van der Waals surface area contributed by atoms with Crippen molar-refractivity contribution in [2.24, 2.45) is 7.05 Å². The van der Waals surface area contributed by atoms with E-state index in [-0.39, 0.29) is 12.6 Å². The van der Waals surface area contributed by atoms with E-state index in [0.29, 0.717) is 31.7 Å².